The van der Waals surface area contributed by atoms with Crippen LogP contribution in [-0.4, -0.2) is 22.2 Å². The minimum atomic E-state index is -0.533. The second kappa shape index (κ2) is 3.94. The molecular formula is C10H12N4O2. The van der Waals surface area contributed by atoms with E-state index >= 15 is 0 Å². The topological polar surface area (TPSA) is 79.8 Å². The molecule has 2 rings (SSSR count). The Kier molecular flexibility index (Phi) is 2.62. The minimum Gasteiger partial charge on any atom is -0.315 e. The summed E-state index contributed by atoms with van der Waals surface area (Å²) >= 11 is 0. The van der Waals surface area contributed by atoms with Crippen LogP contribution in [0, 0.1) is 11.3 Å². The van der Waals surface area contributed by atoms with E-state index in [-0.39, 0.29) is 17.3 Å². The monoisotopic (exact) mass is 220 g/mol. The standard InChI is InChI=1S/C10H12N4O2/c1-13-9(15)7(4-11)6-14(10(13)16)8-2-3-12-5-8/h6,8,12H,2-3,5H2,1H3. The Hall–Kier alpha value is -1.87. The smallest absolute Gasteiger partial charge is 0.315 e. The maximum Gasteiger partial charge on any atom is 0.331 e. The summed E-state index contributed by atoms with van der Waals surface area (Å²) in [5.74, 6) is 0. The molecule has 1 aliphatic rings. The van der Waals surface area contributed by atoms with Gasteiger partial charge in [-0.3, -0.25) is 13.9 Å². The highest BCUT2D eigenvalue weighted by Gasteiger charge is 2.19. The van der Waals surface area contributed by atoms with Gasteiger partial charge in [-0.2, -0.15) is 5.26 Å². The highest BCUT2D eigenvalue weighted by Crippen LogP contribution is 2.11. The molecule has 0 saturated carbocycles. The lowest BCUT2D eigenvalue weighted by Crippen LogP contribution is -2.40. The maximum atomic E-state index is 11.8. The van der Waals surface area contributed by atoms with Crippen LogP contribution in [0.15, 0.2) is 15.8 Å². The molecule has 1 aromatic heterocycles. The van der Waals surface area contributed by atoms with Gasteiger partial charge in [-0.05, 0) is 13.0 Å². The van der Waals surface area contributed by atoms with E-state index in [9.17, 15) is 9.59 Å². The van der Waals surface area contributed by atoms with Crippen molar-refractivity contribution in [3.8, 4) is 6.07 Å². The van der Waals surface area contributed by atoms with E-state index in [1.807, 2.05) is 6.07 Å². The molecule has 1 unspecified atom stereocenters. The molecule has 1 aliphatic heterocycles. The number of nitriles is 1. The summed E-state index contributed by atoms with van der Waals surface area (Å²) in [6.45, 7) is 1.55. The van der Waals surface area contributed by atoms with Crippen LogP contribution < -0.4 is 16.6 Å². The second-order valence-corrected chi connectivity index (χ2v) is 3.86. The molecule has 6 nitrogen and oxygen atoms in total. The average molecular weight is 220 g/mol. The lowest BCUT2D eigenvalue weighted by Gasteiger charge is -2.13. The molecule has 0 bridgehead atoms. The molecule has 0 amide bonds. The van der Waals surface area contributed by atoms with Gasteiger partial charge in [0.25, 0.3) is 5.56 Å². The first kappa shape index (κ1) is 10.6. The van der Waals surface area contributed by atoms with E-state index in [4.69, 9.17) is 5.26 Å². The summed E-state index contributed by atoms with van der Waals surface area (Å²) in [5, 5.41) is 11.9. The fourth-order valence-electron chi connectivity index (χ4n) is 1.91. The molecule has 0 aromatic carbocycles. The van der Waals surface area contributed by atoms with Crippen molar-refractivity contribution in [2.24, 2.45) is 7.05 Å². The highest BCUT2D eigenvalue weighted by molar-refractivity contribution is 5.22. The average Bonchev–Trinajstić information content (AvgIpc) is 2.80. The van der Waals surface area contributed by atoms with Gasteiger partial charge >= 0.3 is 5.69 Å². The van der Waals surface area contributed by atoms with Gasteiger partial charge in [-0.1, -0.05) is 0 Å². The van der Waals surface area contributed by atoms with Gasteiger partial charge in [0.2, 0.25) is 0 Å². The van der Waals surface area contributed by atoms with Crippen LogP contribution in [0.5, 0.6) is 0 Å². The third-order valence-electron chi connectivity index (χ3n) is 2.86. The van der Waals surface area contributed by atoms with E-state index in [1.165, 1.54) is 17.8 Å². The summed E-state index contributed by atoms with van der Waals surface area (Å²) < 4.78 is 2.46. The molecule has 1 atom stereocenters. The third-order valence-corrected chi connectivity index (χ3v) is 2.86. The molecule has 0 spiro atoms. The van der Waals surface area contributed by atoms with Gasteiger partial charge < -0.3 is 5.32 Å². The number of rotatable bonds is 1. The Bertz CT molecular complexity index is 558. The van der Waals surface area contributed by atoms with Gasteiger partial charge in [0.15, 0.2) is 0 Å². The van der Waals surface area contributed by atoms with E-state index in [2.05, 4.69) is 5.32 Å². The fourth-order valence-corrected chi connectivity index (χ4v) is 1.91. The molecular weight excluding hydrogens is 208 g/mol. The van der Waals surface area contributed by atoms with Gasteiger partial charge in [0.05, 0.1) is 6.04 Å². The molecule has 1 fully saturated rings. The van der Waals surface area contributed by atoms with Crippen molar-refractivity contribution in [3.05, 3.63) is 32.6 Å². The van der Waals surface area contributed by atoms with Crippen LogP contribution in [0.3, 0.4) is 0 Å². The molecule has 6 heteroatoms. The normalized spacial score (nSPS) is 19.6. The summed E-state index contributed by atoms with van der Waals surface area (Å²) in [6.07, 6.45) is 2.20. The number of hydrogen-bond acceptors (Lipinski definition) is 4. The number of nitrogens with zero attached hydrogens (tertiary/aromatic N) is 3. The van der Waals surface area contributed by atoms with Crippen molar-refractivity contribution in [3.63, 3.8) is 0 Å². The maximum absolute atomic E-state index is 11.8. The largest absolute Gasteiger partial charge is 0.331 e. The first-order valence-electron chi connectivity index (χ1n) is 5.08. The van der Waals surface area contributed by atoms with E-state index in [0.29, 0.717) is 6.54 Å². The molecule has 84 valence electrons. The summed E-state index contributed by atoms with van der Waals surface area (Å²) in [4.78, 5) is 23.3. The van der Waals surface area contributed by atoms with Gasteiger partial charge in [-0.25, -0.2) is 4.79 Å². The molecule has 16 heavy (non-hydrogen) atoms. The summed E-state index contributed by atoms with van der Waals surface area (Å²) in [5.41, 5.74) is -0.888. The second-order valence-electron chi connectivity index (χ2n) is 3.86. The Morgan fingerprint density at radius 1 is 1.56 bits per heavy atom. The number of aromatic nitrogens is 2. The Morgan fingerprint density at radius 2 is 2.31 bits per heavy atom. The number of nitrogens with one attached hydrogen (secondary N) is 1. The fraction of sp³-hybridized carbons (Fsp3) is 0.500. The summed E-state index contributed by atoms with van der Waals surface area (Å²) in [7, 11) is 1.39. The van der Waals surface area contributed by atoms with Crippen LogP contribution in [0.25, 0.3) is 0 Å². The zero-order valence-electron chi connectivity index (χ0n) is 8.93. The Labute approximate surface area is 91.7 Å². The predicted octanol–water partition coefficient (Wildman–Crippen LogP) is -1.05. The molecule has 2 heterocycles. The molecule has 1 aromatic rings. The van der Waals surface area contributed by atoms with Crippen molar-refractivity contribution in [2.75, 3.05) is 13.1 Å². The van der Waals surface area contributed by atoms with E-state index in [0.717, 1.165) is 17.5 Å². The summed E-state index contributed by atoms with van der Waals surface area (Å²) in [6, 6.07) is 1.85. The Balaban J connectivity index is 2.63. The van der Waals surface area contributed by atoms with Crippen LogP contribution >= 0.6 is 0 Å². The van der Waals surface area contributed by atoms with Crippen molar-refractivity contribution >= 4 is 0 Å². The van der Waals surface area contributed by atoms with Crippen molar-refractivity contribution < 1.29 is 0 Å². The van der Waals surface area contributed by atoms with Gasteiger partial charge in [0.1, 0.15) is 11.6 Å². The first-order chi connectivity index (χ1) is 7.65. The lowest BCUT2D eigenvalue weighted by molar-refractivity contribution is 0.494. The molecule has 0 radical (unpaired) electrons. The van der Waals surface area contributed by atoms with Crippen molar-refractivity contribution in [2.45, 2.75) is 12.5 Å². The van der Waals surface area contributed by atoms with Crippen LogP contribution in [-0.2, 0) is 7.05 Å². The first-order valence-corrected chi connectivity index (χ1v) is 5.08. The number of hydrogen-bond donors (Lipinski definition) is 1. The van der Waals surface area contributed by atoms with Crippen molar-refractivity contribution in [1.82, 2.24) is 14.5 Å². The lowest BCUT2D eigenvalue weighted by atomic mass is 10.2. The van der Waals surface area contributed by atoms with Crippen LogP contribution in [0.2, 0.25) is 0 Å². The Morgan fingerprint density at radius 3 is 2.88 bits per heavy atom. The van der Waals surface area contributed by atoms with Gasteiger partial charge in [0, 0.05) is 19.8 Å². The van der Waals surface area contributed by atoms with Gasteiger partial charge in [-0.15, -0.1) is 0 Å². The molecule has 1 N–H and O–H groups in total. The quantitative estimate of drug-likeness (QED) is 0.655. The zero-order chi connectivity index (χ0) is 11.7. The molecule has 1 saturated heterocycles. The van der Waals surface area contributed by atoms with E-state index in [1.54, 1.807) is 0 Å². The minimum absolute atomic E-state index is 0.00833. The van der Waals surface area contributed by atoms with Crippen LogP contribution in [0.1, 0.15) is 18.0 Å². The third kappa shape index (κ3) is 1.55. The SMILES string of the molecule is Cn1c(=O)c(C#N)cn(C2CCNC2)c1=O. The van der Waals surface area contributed by atoms with Crippen molar-refractivity contribution in [1.29, 1.82) is 5.26 Å². The molecule has 0 aliphatic carbocycles. The highest BCUT2D eigenvalue weighted by atomic mass is 16.2. The predicted molar refractivity (Wildman–Crippen MR) is 57.2 cm³/mol. The van der Waals surface area contributed by atoms with E-state index < -0.39 is 5.56 Å². The van der Waals surface area contributed by atoms with Crippen LogP contribution in [0.4, 0.5) is 0 Å². The zero-order valence-corrected chi connectivity index (χ0v) is 8.93.